The SMILES string of the molecule is c1ccc2c(c1)oc1c2cc(-c2c3ccccc3c(-c3ccc4sc5ccccc5c4c3)c3ccccc23)c2oc3ccccc3c21. The first kappa shape index (κ1) is 25.3. The lowest BCUT2D eigenvalue weighted by Crippen LogP contribution is -1.91. The number of hydrogen-bond acceptors (Lipinski definition) is 3. The molecule has 0 aliphatic heterocycles. The average molecular weight is 617 g/mol. The van der Waals surface area contributed by atoms with Crippen LogP contribution in [0.15, 0.2) is 154 Å². The van der Waals surface area contributed by atoms with E-state index in [1.54, 1.807) is 0 Å². The van der Waals surface area contributed by atoms with E-state index in [1.807, 2.05) is 23.5 Å². The Bertz CT molecular complexity index is 3020. The third kappa shape index (κ3) is 3.44. The van der Waals surface area contributed by atoms with E-state index in [2.05, 4.69) is 133 Å². The predicted molar refractivity (Wildman–Crippen MR) is 200 cm³/mol. The van der Waals surface area contributed by atoms with Crippen molar-refractivity contribution in [1.82, 2.24) is 0 Å². The molecule has 0 amide bonds. The third-order valence-electron chi connectivity index (χ3n) is 9.86. The predicted octanol–water partition coefficient (Wildman–Crippen LogP) is 13.5. The van der Waals surface area contributed by atoms with Gasteiger partial charge in [0.2, 0.25) is 0 Å². The number of rotatable bonds is 2. The van der Waals surface area contributed by atoms with Gasteiger partial charge in [0.05, 0.1) is 5.39 Å². The van der Waals surface area contributed by atoms with Crippen molar-refractivity contribution in [3.8, 4) is 22.3 Å². The molecule has 0 aliphatic rings. The quantitative estimate of drug-likeness (QED) is 0.181. The first-order chi connectivity index (χ1) is 23.3. The maximum Gasteiger partial charge on any atom is 0.147 e. The Morgan fingerprint density at radius 1 is 0.362 bits per heavy atom. The van der Waals surface area contributed by atoms with Gasteiger partial charge in [-0.05, 0) is 69.1 Å². The molecule has 2 nitrogen and oxygen atoms in total. The number of furan rings is 2. The van der Waals surface area contributed by atoms with Crippen molar-refractivity contribution in [1.29, 1.82) is 0 Å². The van der Waals surface area contributed by atoms with E-state index in [9.17, 15) is 0 Å². The molecule has 0 atom stereocenters. The normalized spacial score (nSPS) is 12.3. The van der Waals surface area contributed by atoms with Crippen molar-refractivity contribution in [2.45, 2.75) is 0 Å². The molecule has 0 saturated heterocycles. The van der Waals surface area contributed by atoms with Crippen LogP contribution in [0.3, 0.4) is 0 Å². The average Bonchev–Trinajstić information content (AvgIpc) is 3.81. The van der Waals surface area contributed by atoms with Crippen LogP contribution in [0.25, 0.3) is 108 Å². The first-order valence-electron chi connectivity index (χ1n) is 15.9. The molecule has 3 aromatic heterocycles. The van der Waals surface area contributed by atoms with Crippen LogP contribution in [0.2, 0.25) is 0 Å². The largest absolute Gasteiger partial charge is 0.455 e. The molecule has 47 heavy (non-hydrogen) atoms. The van der Waals surface area contributed by atoms with E-state index in [4.69, 9.17) is 8.83 Å². The van der Waals surface area contributed by atoms with Crippen molar-refractivity contribution < 1.29 is 8.83 Å². The van der Waals surface area contributed by atoms with Gasteiger partial charge in [-0.2, -0.15) is 0 Å². The summed E-state index contributed by atoms with van der Waals surface area (Å²) in [5.41, 5.74) is 8.21. The summed E-state index contributed by atoms with van der Waals surface area (Å²) in [5, 5.41) is 11.8. The second-order valence-electron chi connectivity index (χ2n) is 12.4. The number of benzene rings is 8. The van der Waals surface area contributed by atoms with Gasteiger partial charge in [0.15, 0.2) is 0 Å². The van der Waals surface area contributed by atoms with E-state index in [0.29, 0.717) is 0 Å². The zero-order valence-corrected chi connectivity index (χ0v) is 25.9. The maximum atomic E-state index is 6.78. The molecule has 218 valence electrons. The number of fused-ring (bicyclic) bond motifs is 12. The molecule has 11 rings (SSSR count). The second-order valence-corrected chi connectivity index (χ2v) is 13.4. The van der Waals surface area contributed by atoms with Crippen molar-refractivity contribution in [2.75, 3.05) is 0 Å². The molecule has 8 aromatic carbocycles. The molecule has 0 bridgehead atoms. The Hall–Kier alpha value is -5.90. The van der Waals surface area contributed by atoms with Crippen LogP contribution in [0.1, 0.15) is 0 Å². The van der Waals surface area contributed by atoms with Crippen LogP contribution >= 0.6 is 11.3 Å². The highest BCUT2D eigenvalue weighted by atomic mass is 32.1. The van der Waals surface area contributed by atoms with Gasteiger partial charge in [-0.15, -0.1) is 11.3 Å². The summed E-state index contributed by atoms with van der Waals surface area (Å²) in [5.74, 6) is 0. The molecular weight excluding hydrogens is 593 g/mol. The summed E-state index contributed by atoms with van der Waals surface area (Å²) < 4.78 is 16.0. The van der Waals surface area contributed by atoms with Gasteiger partial charge in [0, 0.05) is 47.5 Å². The fraction of sp³-hybridized carbons (Fsp3) is 0. The Morgan fingerprint density at radius 2 is 0.894 bits per heavy atom. The lowest BCUT2D eigenvalue weighted by Gasteiger charge is -2.18. The molecule has 0 aliphatic carbocycles. The lowest BCUT2D eigenvalue weighted by molar-refractivity contribution is 0.663. The summed E-state index contributed by atoms with van der Waals surface area (Å²) in [6.07, 6.45) is 0. The van der Waals surface area contributed by atoms with E-state index < -0.39 is 0 Å². The highest BCUT2D eigenvalue weighted by Crippen LogP contribution is 2.50. The smallest absolute Gasteiger partial charge is 0.147 e. The molecule has 11 aromatic rings. The van der Waals surface area contributed by atoms with E-state index in [1.165, 1.54) is 58.4 Å². The number of thiophene rings is 1. The zero-order valence-electron chi connectivity index (χ0n) is 25.1. The third-order valence-corrected chi connectivity index (χ3v) is 11.0. The monoisotopic (exact) mass is 616 g/mol. The van der Waals surface area contributed by atoms with Gasteiger partial charge >= 0.3 is 0 Å². The summed E-state index contributed by atoms with van der Waals surface area (Å²) in [6, 6.07) is 52.4. The topological polar surface area (TPSA) is 26.3 Å². The van der Waals surface area contributed by atoms with Gasteiger partial charge in [-0.25, -0.2) is 0 Å². The Morgan fingerprint density at radius 3 is 1.62 bits per heavy atom. The van der Waals surface area contributed by atoms with Gasteiger partial charge in [0.1, 0.15) is 22.3 Å². The van der Waals surface area contributed by atoms with Crippen molar-refractivity contribution >= 4 is 96.9 Å². The van der Waals surface area contributed by atoms with Crippen molar-refractivity contribution in [2.24, 2.45) is 0 Å². The molecule has 0 saturated carbocycles. The summed E-state index contributed by atoms with van der Waals surface area (Å²) >= 11 is 1.86. The Labute approximate surface area is 272 Å². The van der Waals surface area contributed by atoms with E-state index in [-0.39, 0.29) is 0 Å². The minimum Gasteiger partial charge on any atom is -0.455 e. The molecule has 0 radical (unpaired) electrons. The van der Waals surface area contributed by atoms with Gasteiger partial charge < -0.3 is 8.83 Å². The maximum absolute atomic E-state index is 6.78. The van der Waals surface area contributed by atoms with E-state index in [0.717, 1.165) is 49.4 Å². The van der Waals surface area contributed by atoms with Gasteiger partial charge in [-0.3, -0.25) is 0 Å². The summed E-state index contributed by atoms with van der Waals surface area (Å²) in [6.45, 7) is 0. The molecule has 0 spiro atoms. The summed E-state index contributed by atoms with van der Waals surface area (Å²) in [4.78, 5) is 0. The van der Waals surface area contributed by atoms with Crippen LogP contribution in [0.5, 0.6) is 0 Å². The van der Waals surface area contributed by atoms with Gasteiger partial charge in [-0.1, -0.05) is 109 Å². The highest BCUT2D eigenvalue weighted by Gasteiger charge is 2.24. The van der Waals surface area contributed by atoms with E-state index >= 15 is 0 Å². The highest BCUT2D eigenvalue weighted by molar-refractivity contribution is 7.25. The fourth-order valence-electron chi connectivity index (χ4n) is 7.86. The minimum atomic E-state index is 0.854. The van der Waals surface area contributed by atoms with Gasteiger partial charge in [0.25, 0.3) is 0 Å². The number of hydrogen-bond donors (Lipinski definition) is 0. The molecule has 0 N–H and O–H groups in total. The fourth-order valence-corrected chi connectivity index (χ4v) is 8.95. The Kier molecular flexibility index (Phi) is 5.02. The standard InChI is InChI=1S/C44H24O2S/c1-3-15-30-28(13-1)40(25-21-22-39-33(23-25)27-12-7-10-20-38(27)47-39)29-14-2-4-16-31(29)41(30)35-24-34-26-11-5-8-18-36(26)45-43(34)42-32-17-6-9-19-37(32)46-44(35)42/h1-24H. The second kappa shape index (κ2) is 9.32. The first-order valence-corrected chi connectivity index (χ1v) is 16.7. The summed E-state index contributed by atoms with van der Waals surface area (Å²) in [7, 11) is 0. The van der Waals surface area contributed by atoms with Crippen LogP contribution in [0, 0.1) is 0 Å². The van der Waals surface area contributed by atoms with Crippen molar-refractivity contribution in [3.63, 3.8) is 0 Å². The molecule has 3 heterocycles. The Balaban J connectivity index is 1.31. The van der Waals surface area contributed by atoms with Crippen LogP contribution in [-0.2, 0) is 0 Å². The molecule has 0 unspecified atom stereocenters. The number of para-hydroxylation sites is 2. The molecule has 0 fully saturated rings. The van der Waals surface area contributed by atoms with Crippen LogP contribution in [-0.4, -0.2) is 0 Å². The zero-order chi connectivity index (χ0) is 30.6. The van der Waals surface area contributed by atoms with Crippen LogP contribution < -0.4 is 0 Å². The van der Waals surface area contributed by atoms with Crippen molar-refractivity contribution in [3.05, 3.63) is 146 Å². The molecule has 3 heteroatoms. The minimum absolute atomic E-state index is 0.854. The lowest BCUT2D eigenvalue weighted by atomic mass is 9.85. The van der Waals surface area contributed by atoms with Crippen LogP contribution in [0.4, 0.5) is 0 Å². The molecular formula is C44H24O2S.